The maximum absolute atomic E-state index is 12.7. The van der Waals surface area contributed by atoms with Crippen LogP contribution in [0.3, 0.4) is 0 Å². The van der Waals surface area contributed by atoms with Crippen LogP contribution in [-0.2, 0) is 9.59 Å². The first-order chi connectivity index (χ1) is 14.7. The number of rotatable bonds is 5. The van der Waals surface area contributed by atoms with Crippen molar-refractivity contribution >= 4 is 34.2 Å². The lowest BCUT2D eigenvalue weighted by Gasteiger charge is -2.29. The Morgan fingerprint density at radius 2 is 2.03 bits per heavy atom. The van der Waals surface area contributed by atoms with Crippen molar-refractivity contribution in [2.75, 3.05) is 23.4 Å². The highest BCUT2D eigenvalue weighted by molar-refractivity contribution is 5.99. The Bertz CT molecular complexity index is 1100. The van der Waals surface area contributed by atoms with Crippen LogP contribution < -0.4 is 15.0 Å². The Balaban J connectivity index is 1.20. The number of benzene rings is 2. The van der Waals surface area contributed by atoms with Crippen LogP contribution in [0.15, 0.2) is 42.5 Å². The number of anilines is 2. The van der Waals surface area contributed by atoms with Crippen LogP contribution in [0, 0.1) is 0 Å². The quantitative estimate of drug-likeness (QED) is 0.673. The predicted molar refractivity (Wildman–Crippen MR) is 115 cm³/mol. The van der Waals surface area contributed by atoms with E-state index in [2.05, 4.69) is 15.3 Å². The molecule has 0 atom stereocenters. The van der Waals surface area contributed by atoms with Gasteiger partial charge in [0.2, 0.25) is 11.8 Å². The molecular formula is C23H24N4O3. The van der Waals surface area contributed by atoms with E-state index in [1.54, 1.807) is 4.90 Å². The van der Waals surface area contributed by atoms with Gasteiger partial charge in [-0.3, -0.25) is 9.59 Å². The first kappa shape index (κ1) is 18.7. The van der Waals surface area contributed by atoms with Gasteiger partial charge in [0, 0.05) is 24.4 Å². The molecule has 7 heteroatoms. The SMILES string of the molecule is O=C(CCC(=O)N1CCOc2ccccc21)Nc1ccc2nc(C3CCC3)[nH]c2c1. The third-order valence-electron chi connectivity index (χ3n) is 5.87. The standard InChI is InChI=1S/C23H24N4O3/c28-21(10-11-22(29)27-12-13-30-20-7-2-1-6-19(20)27)24-16-8-9-17-18(14-16)26-23(25-17)15-4-3-5-15/h1-2,6-9,14-15H,3-5,10-13H2,(H,24,28)(H,25,26). The van der Waals surface area contributed by atoms with Crippen LogP contribution in [0.1, 0.15) is 43.8 Å². The number of nitrogens with zero attached hydrogens (tertiary/aromatic N) is 2. The summed E-state index contributed by atoms with van der Waals surface area (Å²) in [6.07, 6.45) is 3.92. The number of aromatic nitrogens is 2. The topological polar surface area (TPSA) is 87.3 Å². The molecule has 2 amide bonds. The van der Waals surface area contributed by atoms with Crippen molar-refractivity contribution in [2.45, 2.75) is 38.0 Å². The molecule has 1 aliphatic carbocycles. The van der Waals surface area contributed by atoms with E-state index in [-0.39, 0.29) is 24.7 Å². The molecule has 0 unspecified atom stereocenters. The number of imidazole rings is 1. The number of carbonyl (C=O) groups is 2. The summed E-state index contributed by atoms with van der Waals surface area (Å²) in [5.41, 5.74) is 3.31. The Morgan fingerprint density at radius 1 is 1.17 bits per heavy atom. The van der Waals surface area contributed by atoms with Crippen molar-refractivity contribution in [3.63, 3.8) is 0 Å². The Labute approximate surface area is 174 Å². The molecule has 1 saturated carbocycles. The van der Waals surface area contributed by atoms with Gasteiger partial charge in [-0.25, -0.2) is 4.98 Å². The molecule has 7 nitrogen and oxygen atoms in total. The second-order valence-electron chi connectivity index (χ2n) is 7.89. The normalized spacial score (nSPS) is 15.9. The predicted octanol–water partition coefficient (Wildman–Crippen LogP) is 3.97. The fourth-order valence-corrected chi connectivity index (χ4v) is 3.99. The van der Waals surface area contributed by atoms with E-state index in [1.807, 2.05) is 42.5 Å². The molecule has 0 bridgehead atoms. The molecule has 0 radical (unpaired) electrons. The second kappa shape index (κ2) is 7.82. The third-order valence-corrected chi connectivity index (χ3v) is 5.87. The zero-order chi connectivity index (χ0) is 20.5. The zero-order valence-electron chi connectivity index (χ0n) is 16.7. The molecule has 1 aromatic heterocycles. The number of hydrogen-bond donors (Lipinski definition) is 2. The minimum Gasteiger partial charge on any atom is -0.490 e. The molecule has 0 saturated heterocycles. The molecule has 3 aromatic rings. The maximum Gasteiger partial charge on any atom is 0.227 e. The van der Waals surface area contributed by atoms with Crippen molar-refractivity contribution in [3.8, 4) is 5.75 Å². The molecule has 1 fully saturated rings. The summed E-state index contributed by atoms with van der Waals surface area (Å²) in [5, 5.41) is 2.90. The average Bonchev–Trinajstić information content (AvgIpc) is 3.12. The second-order valence-corrected chi connectivity index (χ2v) is 7.89. The maximum atomic E-state index is 12.7. The smallest absolute Gasteiger partial charge is 0.227 e. The lowest BCUT2D eigenvalue weighted by molar-refractivity contribution is -0.122. The number of H-pyrrole nitrogens is 1. The summed E-state index contributed by atoms with van der Waals surface area (Å²) < 4.78 is 5.59. The number of hydrogen-bond acceptors (Lipinski definition) is 4. The van der Waals surface area contributed by atoms with Gasteiger partial charge in [-0.2, -0.15) is 0 Å². The summed E-state index contributed by atoms with van der Waals surface area (Å²) in [5.74, 6) is 2.02. The Morgan fingerprint density at radius 3 is 2.87 bits per heavy atom. The van der Waals surface area contributed by atoms with E-state index in [1.165, 1.54) is 19.3 Å². The summed E-state index contributed by atoms with van der Waals surface area (Å²) in [6, 6.07) is 13.1. The van der Waals surface area contributed by atoms with E-state index in [9.17, 15) is 9.59 Å². The highest BCUT2D eigenvalue weighted by atomic mass is 16.5. The van der Waals surface area contributed by atoms with Gasteiger partial charge in [0.15, 0.2) is 0 Å². The van der Waals surface area contributed by atoms with Gasteiger partial charge in [0.25, 0.3) is 0 Å². The van der Waals surface area contributed by atoms with Crippen LogP contribution in [-0.4, -0.2) is 34.9 Å². The number of carbonyl (C=O) groups excluding carboxylic acids is 2. The number of para-hydroxylation sites is 2. The Hall–Kier alpha value is -3.35. The van der Waals surface area contributed by atoms with Crippen LogP contribution in [0.25, 0.3) is 11.0 Å². The van der Waals surface area contributed by atoms with Gasteiger partial charge in [0.05, 0.1) is 23.3 Å². The van der Waals surface area contributed by atoms with Crippen molar-refractivity contribution in [1.82, 2.24) is 9.97 Å². The summed E-state index contributed by atoms with van der Waals surface area (Å²) >= 11 is 0. The fourth-order valence-electron chi connectivity index (χ4n) is 3.99. The molecule has 154 valence electrons. The zero-order valence-corrected chi connectivity index (χ0v) is 16.7. The molecule has 2 aromatic carbocycles. The van der Waals surface area contributed by atoms with Crippen LogP contribution in [0.4, 0.5) is 11.4 Å². The van der Waals surface area contributed by atoms with Gasteiger partial charge in [-0.15, -0.1) is 0 Å². The molecule has 30 heavy (non-hydrogen) atoms. The minimum absolute atomic E-state index is 0.0740. The number of amides is 2. The largest absolute Gasteiger partial charge is 0.490 e. The van der Waals surface area contributed by atoms with Gasteiger partial charge < -0.3 is 19.9 Å². The van der Waals surface area contributed by atoms with Crippen molar-refractivity contribution in [3.05, 3.63) is 48.3 Å². The average molecular weight is 404 g/mol. The van der Waals surface area contributed by atoms with Crippen molar-refractivity contribution < 1.29 is 14.3 Å². The monoisotopic (exact) mass is 404 g/mol. The van der Waals surface area contributed by atoms with Gasteiger partial charge >= 0.3 is 0 Å². The Kier molecular flexibility index (Phi) is 4.86. The van der Waals surface area contributed by atoms with E-state index >= 15 is 0 Å². The van der Waals surface area contributed by atoms with Crippen LogP contribution in [0.2, 0.25) is 0 Å². The lowest BCUT2D eigenvalue weighted by Crippen LogP contribution is -2.38. The molecule has 2 N–H and O–H groups in total. The van der Waals surface area contributed by atoms with Crippen molar-refractivity contribution in [2.24, 2.45) is 0 Å². The lowest BCUT2D eigenvalue weighted by atomic mass is 9.85. The van der Waals surface area contributed by atoms with Crippen molar-refractivity contribution in [1.29, 1.82) is 0 Å². The first-order valence-electron chi connectivity index (χ1n) is 10.5. The molecule has 2 heterocycles. The number of aromatic amines is 1. The van der Waals surface area contributed by atoms with Gasteiger partial charge in [-0.05, 0) is 43.2 Å². The summed E-state index contributed by atoms with van der Waals surface area (Å²) in [4.78, 5) is 34.8. The van der Waals surface area contributed by atoms with E-state index in [0.717, 1.165) is 22.5 Å². The molecule has 0 spiro atoms. The third kappa shape index (κ3) is 3.63. The first-order valence-corrected chi connectivity index (χ1v) is 10.5. The number of nitrogens with one attached hydrogen (secondary N) is 2. The molecular weight excluding hydrogens is 380 g/mol. The highest BCUT2D eigenvalue weighted by Crippen LogP contribution is 2.35. The number of fused-ring (bicyclic) bond motifs is 2. The van der Waals surface area contributed by atoms with E-state index in [0.29, 0.717) is 30.5 Å². The van der Waals surface area contributed by atoms with Crippen LogP contribution in [0.5, 0.6) is 5.75 Å². The molecule has 5 rings (SSSR count). The molecule has 1 aliphatic heterocycles. The minimum atomic E-state index is -0.178. The fraction of sp³-hybridized carbons (Fsp3) is 0.348. The summed E-state index contributed by atoms with van der Waals surface area (Å²) in [6.45, 7) is 0.958. The summed E-state index contributed by atoms with van der Waals surface area (Å²) in [7, 11) is 0. The highest BCUT2D eigenvalue weighted by Gasteiger charge is 2.24. The van der Waals surface area contributed by atoms with Gasteiger partial charge in [0.1, 0.15) is 18.2 Å². The van der Waals surface area contributed by atoms with Gasteiger partial charge in [-0.1, -0.05) is 18.6 Å². The van der Waals surface area contributed by atoms with E-state index in [4.69, 9.17) is 4.74 Å². The number of ether oxygens (including phenoxy) is 1. The van der Waals surface area contributed by atoms with Crippen LogP contribution >= 0.6 is 0 Å². The van der Waals surface area contributed by atoms with E-state index < -0.39 is 0 Å². The molecule has 2 aliphatic rings.